The molecule has 0 aliphatic heterocycles. The monoisotopic (exact) mass is 225 g/mol. The highest BCUT2D eigenvalue weighted by Crippen LogP contribution is 2.00. The molecule has 0 saturated heterocycles. The fraction of sp³-hybridized carbons (Fsp3) is 0.500. The Balaban J connectivity index is 2.05. The van der Waals surface area contributed by atoms with Crippen molar-refractivity contribution in [2.45, 2.75) is 32.2 Å². The molecule has 0 aromatic carbocycles. The number of aromatic nitrogens is 2. The van der Waals surface area contributed by atoms with E-state index < -0.39 is 5.97 Å². The smallest absolute Gasteiger partial charge is 0.303 e. The summed E-state index contributed by atoms with van der Waals surface area (Å²) in [6, 6.07) is 1.78. The van der Waals surface area contributed by atoms with Crippen molar-refractivity contribution >= 4 is 11.9 Å². The van der Waals surface area contributed by atoms with Crippen LogP contribution in [0.4, 0.5) is 0 Å². The Labute approximate surface area is 93.1 Å². The summed E-state index contributed by atoms with van der Waals surface area (Å²) >= 11 is 0. The van der Waals surface area contributed by atoms with Gasteiger partial charge < -0.3 is 10.4 Å². The number of hydrogen-bond donors (Lipinski definition) is 3. The van der Waals surface area contributed by atoms with Gasteiger partial charge in [0.15, 0.2) is 0 Å². The van der Waals surface area contributed by atoms with Crippen molar-refractivity contribution in [1.82, 2.24) is 15.5 Å². The normalized spacial score (nSPS) is 10.0. The van der Waals surface area contributed by atoms with E-state index in [1.54, 1.807) is 12.3 Å². The van der Waals surface area contributed by atoms with Crippen LogP contribution in [0.1, 0.15) is 31.4 Å². The molecular formula is C10H15N3O3. The van der Waals surface area contributed by atoms with Crippen LogP contribution in [0.2, 0.25) is 0 Å². The molecule has 88 valence electrons. The first-order chi connectivity index (χ1) is 7.68. The molecule has 0 aliphatic carbocycles. The van der Waals surface area contributed by atoms with E-state index in [0.717, 1.165) is 5.69 Å². The lowest BCUT2D eigenvalue weighted by atomic mass is 10.2. The number of carboxylic acid groups (broad SMARTS) is 1. The van der Waals surface area contributed by atoms with Crippen LogP contribution in [0.3, 0.4) is 0 Å². The topological polar surface area (TPSA) is 95.1 Å². The van der Waals surface area contributed by atoms with Gasteiger partial charge in [-0.05, 0) is 18.9 Å². The summed E-state index contributed by atoms with van der Waals surface area (Å²) < 4.78 is 0. The fourth-order valence-electron chi connectivity index (χ4n) is 1.23. The van der Waals surface area contributed by atoms with E-state index >= 15 is 0 Å². The molecule has 3 N–H and O–H groups in total. The van der Waals surface area contributed by atoms with Gasteiger partial charge in [0, 0.05) is 19.0 Å². The van der Waals surface area contributed by atoms with Crippen molar-refractivity contribution in [3.63, 3.8) is 0 Å². The van der Waals surface area contributed by atoms with Crippen LogP contribution in [0.15, 0.2) is 12.3 Å². The van der Waals surface area contributed by atoms with Gasteiger partial charge in [-0.15, -0.1) is 0 Å². The third kappa shape index (κ3) is 5.14. The summed E-state index contributed by atoms with van der Waals surface area (Å²) in [5, 5.41) is 17.6. The van der Waals surface area contributed by atoms with E-state index in [1.807, 2.05) is 0 Å². The first kappa shape index (κ1) is 12.2. The van der Waals surface area contributed by atoms with Crippen LogP contribution in [-0.4, -0.2) is 27.2 Å². The molecule has 1 amide bonds. The van der Waals surface area contributed by atoms with Crippen molar-refractivity contribution in [2.24, 2.45) is 0 Å². The predicted molar refractivity (Wildman–Crippen MR) is 56.5 cm³/mol. The van der Waals surface area contributed by atoms with E-state index in [9.17, 15) is 9.59 Å². The van der Waals surface area contributed by atoms with Crippen LogP contribution in [0.5, 0.6) is 0 Å². The van der Waals surface area contributed by atoms with Gasteiger partial charge in [0.25, 0.3) is 0 Å². The van der Waals surface area contributed by atoms with Gasteiger partial charge in [-0.3, -0.25) is 14.7 Å². The maximum atomic E-state index is 11.3. The number of aliphatic carboxylic acids is 1. The van der Waals surface area contributed by atoms with Crippen molar-refractivity contribution in [3.05, 3.63) is 18.0 Å². The van der Waals surface area contributed by atoms with Gasteiger partial charge >= 0.3 is 5.97 Å². The quantitative estimate of drug-likeness (QED) is 0.594. The van der Waals surface area contributed by atoms with Gasteiger partial charge in [0.05, 0.1) is 12.2 Å². The summed E-state index contributed by atoms with van der Waals surface area (Å²) in [7, 11) is 0. The summed E-state index contributed by atoms with van der Waals surface area (Å²) in [4.78, 5) is 21.5. The van der Waals surface area contributed by atoms with E-state index in [2.05, 4.69) is 15.5 Å². The van der Waals surface area contributed by atoms with Gasteiger partial charge in [0.2, 0.25) is 5.91 Å². The number of amides is 1. The van der Waals surface area contributed by atoms with E-state index in [4.69, 9.17) is 5.11 Å². The molecular weight excluding hydrogens is 210 g/mol. The molecule has 1 heterocycles. The van der Waals surface area contributed by atoms with Gasteiger partial charge in [-0.2, -0.15) is 5.10 Å². The van der Waals surface area contributed by atoms with Crippen LogP contribution in [0, 0.1) is 0 Å². The lowest BCUT2D eigenvalue weighted by molar-refractivity contribution is -0.137. The number of hydrogen-bond acceptors (Lipinski definition) is 3. The Bertz CT molecular complexity index is 335. The molecule has 16 heavy (non-hydrogen) atoms. The average Bonchev–Trinajstić information content (AvgIpc) is 2.74. The molecule has 0 atom stereocenters. The Morgan fingerprint density at radius 3 is 2.75 bits per heavy atom. The Hall–Kier alpha value is -1.85. The maximum absolute atomic E-state index is 11.3. The lowest BCUT2D eigenvalue weighted by Crippen LogP contribution is -2.22. The molecule has 1 aromatic rings. The van der Waals surface area contributed by atoms with Crippen LogP contribution >= 0.6 is 0 Å². The summed E-state index contributed by atoms with van der Waals surface area (Å²) in [5.41, 5.74) is 0.846. The zero-order valence-corrected chi connectivity index (χ0v) is 8.90. The Kier molecular flexibility index (Phi) is 5.04. The Morgan fingerprint density at radius 1 is 1.38 bits per heavy atom. The molecule has 0 unspecified atom stereocenters. The third-order valence-electron chi connectivity index (χ3n) is 2.08. The molecule has 6 nitrogen and oxygen atoms in total. The summed E-state index contributed by atoms with van der Waals surface area (Å²) in [6.07, 6.45) is 3.23. The van der Waals surface area contributed by atoms with Crippen molar-refractivity contribution < 1.29 is 14.7 Å². The number of unbranched alkanes of at least 4 members (excludes halogenated alkanes) is 1. The number of nitrogens with zero attached hydrogens (tertiary/aromatic N) is 1. The molecule has 0 saturated carbocycles. The van der Waals surface area contributed by atoms with Crippen molar-refractivity contribution in [2.75, 3.05) is 0 Å². The van der Waals surface area contributed by atoms with Gasteiger partial charge in [-0.1, -0.05) is 0 Å². The maximum Gasteiger partial charge on any atom is 0.303 e. The van der Waals surface area contributed by atoms with Crippen LogP contribution < -0.4 is 5.32 Å². The SMILES string of the molecule is O=C(O)CCCCC(=O)NCc1ccn[nH]1. The largest absolute Gasteiger partial charge is 0.481 e. The van der Waals surface area contributed by atoms with E-state index in [0.29, 0.717) is 25.8 Å². The predicted octanol–water partition coefficient (Wildman–Crippen LogP) is 0.671. The van der Waals surface area contributed by atoms with E-state index in [1.165, 1.54) is 0 Å². The minimum absolute atomic E-state index is 0.0695. The molecule has 0 fully saturated rings. The molecule has 1 rings (SSSR count). The highest BCUT2D eigenvalue weighted by Gasteiger charge is 2.03. The number of carboxylic acids is 1. The molecule has 0 radical (unpaired) electrons. The molecule has 0 spiro atoms. The number of carbonyl (C=O) groups is 2. The fourth-order valence-corrected chi connectivity index (χ4v) is 1.23. The van der Waals surface area contributed by atoms with Crippen molar-refractivity contribution in [1.29, 1.82) is 0 Å². The van der Waals surface area contributed by atoms with Crippen LogP contribution in [-0.2, 0) is 16.1 Å². The molecule has 0 bridgehead atoms. The molecule has 1 aromatic heterocycles. The first-order valence-electron chi connectivity index (χ1n) is 5.15. The minimum Gasteiger partial charge on any atom is -0.481 e. The highest BCUT2D eigenvalue weighted by molar-refractivity contribution is 5.75. The first-order valence-corrected chi connectivity index (χ1v) is 5.15. The number of rotatable bonds is 7. The van der Waals surface area contributed by atoms with Crippen LogP contribution in [0.25, 0.3) is 0 Å². The minimum atomic E-state index is -0.821. The van der Waals surface area contributed by atoms with Gasteiger partial charge in [0.1, 0.15) is 0 Å². The second-order valence-electron chi connectivity index (χ2n) is 3.46. The van der Waals surface area contributed by atoms with Crippen molar-refractivity contribution in [3.8, 4) is 0 Å². The average molecular weight is 225 g/mol. The number of carbonyl (C=O) groups excluding carboxylic acids is 1. The van der Waals surface area contributed by atoms with E-state index in [-0.39, 0.29) is 12.3 Å². The zero-order chi connectivity index (χ0) is 11.8. The molecule has 0 aliphatic rings. The third-order valence-corrected chi connectivity index (χ3v) is 2.08. The lowest BCUT2D eigenvalue weighted by Gasteiger charge is -2.02. The summed E-state index contributed by atoms with van der Waals surface area (Å²) in [5.74, 6) is -0.891. The highest BCUT2D eigenvalue weighted by atomic mass is 16.4. The number of aromatic amines is 1. The summed E-state index contributed by atoms with van der Waals surface area (Å²) in [6.45, 7) is 0.428. The molecule has 6 heteroatoms. The number of nitrogens with one attached hydrogen (secondary N) is 2. The second-order valence-corrected chi connectivity index (χ2v) is 3.46. The zero-order valence-electron chi connectivity index (χ0n) is 8.90. The number of H-pyrrole nitrogens is 1. The second kappa shape index (κ2) is 6.60. The Morgan fingerprint density at radius 2 is 2.12 bits per heavy atom. The standard InChI is InChI=1S/C10H15N3O3/c14-9(3-1-2-4-10(15)16)11-7-8-5-6-12-13-8/h5-6H,1-4,7H2,(H,11,14)(H,12,13)(H,15,16). The van der Waals surface area contributed by atoms with Gasteiger partial charge in [-0.25, -0.2) is 0 Å².